The maximum absolute atomic E-state index is 12.4. The molecule has 0 radical (unpaired) electrons. The van der Waals surface area contributed by atoms with Gasteiger partial charge in [-0.3, -0.25) is 0 Å². The average molecular weight is 353 g/mol. The highest BCUT2D eigenvalue weighted by molar-refractivity contribution is 7.89. The van der Waals surface area contributed by atoms with Gasteiger partial charge < -0.3 is 4.90 Å². The van der Waals surface area contributed by atoms with Gasteiger partial charge in [0.1, 0.15) is 0 Å². The predicted molar refractivity (Wildman–Crippen MR) is 94.2 cm³/mol. The third-order valence-corrected chi connectivity index (χ3v) is 5.37. The second kappa shape index (κ2) is 7.45. The van der Waals surface area contributed by atoms with E-state index >= 15 is 0 Å². The van der Waals surface area contributed by atoms with Crippen LogP contribution in [0.3, 0.4) is 0 Å². The van der Waals surface area contributed by atoms with E-state index in [-0.39, 0.29) is 17.5 Å². The fourth-order valence-corrected chi connectivity index (χ4v) is 3.44. The van der Waals surface area contributed by atoms with E-state index in [1.54, 1.807) is 24.3 Å². The lowest BCUT2D eigenvalue weighted by Crippen LogP contribution is -2.34. The monoisotopic (exact) mass is 352 g/mol. The zero-order chi connectivity index (χ0) is 17.0. The first kappa shape index (κ1) is 17.9. The Bertz CT molecular complexity index is 741. The van der Waals surface area contributed by atoms with Crippen LogP contribution in [0, 0.1) is 6.92 Å². The molecule has 124 valence electrons. The van der Waals surface area contributed by atoms with Gasteiger partial charge in [-0.1, -0.05) is 41.4 Å². The normalized spacial score (nSPS) is 13.3. The van der Waals surface area contributed by atoms with Crippen LogP contribution in [0.1, 0.15) is 17.2 Å². The highest BCUT2D eigenvalue weighted by atomic mass is 35.5. The zero-order valence-corrected chi connectivity index (χ0v) is 15.0. The van der Waals surface area contributed by atoms with Crippen LogP contribution < -0.4 is 4.72 Å². The Morgan fingerprint density at radius 2 is 1.61 bits per heavy atom. The molecule has 4 nitrogen and oxygen atoms in total. The lowest BCUT2D eigenvalue weighted by Gasteiger charge is -2.25. The van der Waals surface area contributed by atoms with Gasteiger partial charge in [-0.25, -0.2) is 13.1 Å². The Balaban J connectivity index is 2.15. The van der Waals surface area contributed by atoms with Gasteiger partial charge in [0.15, 0.2) is 0 Å². The highest BCUT2D eigenvalue weighted by Gasteiger charge is 2.19. The lowest BCUT2D eigenvalue weighted by molar-refractivity contribution is 0.299. The van der Waals surface area contributed by atoms with Crippen molar-refractivity contribution in [2.45, 2.75) is 17.9 Å². The Morgan fingerprint density at radius 3 is 2.13 bits per heavy atom. The molecule has 0 aliphatic rings. The Morgan fingerprint density at radius 1 is 1.04 bits per heavy atom. The summed E-state index contributed by atoms with van der Waals surface area (Å²) in [6.07, 6.45) is 0. The summed E-state index contributed by atoms with van der Waals surface area (Å²) in [5.41, 5.74) is 2.03. The van der Waals surface area contributed by atoms with Crippen LogP contribution in [0.2, 0.25) is 5.02 Å². The van der Waals surface area contributed by atoms with E-state index in [4.69, 9.17) is 11.6 Å². The lowest BCUT2D eigenvalue weighted by atomic mass is 10.1. The van der Waals surface area contributed by atoms with Crippen molar-refractivity contribution in [3.63, 3.8) is 0 Å². The molecule has 0 aromatic heterocycles. The minimum Gasteiger partial charge on any atom is -0.301 e. The summed E-state index contributed by atoms with van der Waals surface area (Å²) in [4.78, 5) is 2.25. The van der Waals surface area contributed by atoms with E-state index in [9.17, 15) is 8.42 Å². The first-order valence-electron chi connectivity index (χ1n) is 7.28. The van der Waals surface area contributed by atoms with Gasteiger partial charge >= 0.3 is 0 Å². The number of hydrogen-bond acceptors (Lipinski definition) is 3. The molecule has 0 spiro atoms. The third-order valence-electron chi connectivity index (χ3n) is 3.68. The second-order valence-corrected chi connectivity index (χ2v) is 7.90. The third kappa shape index (κ3) is 4.78. The molecule has 0 aliphatic heterocycles. The van der Waals surface area contributed by atoms with Crippen molar-refractivity contribution >= 4 is 21.6 Å². The summed E-state index contributed by atoms with van der Waals surface area (Å²) in [7, 11) is 0.308. The number of likely N-dealkylation sites (N-methyl/N-ethyl adjacent to an activating group) is 1. The first-order chi connectivity index (χ1) is 10.8. The van der Waals surface area contributed by atoms with Crippen LogP contribution in [0.25, 0.3) is 0 Å². The van der Waals surface area contributed by atoms with E-state index in [0.717, 1.165) is 11.1 Å². The van der Waals surface area contributed by atoms with Crippen LogP contribution in [-0.4, -0.2) is 34.0 Å². The fourth-order valence-electron chi connectivity index (χ4n) is 2.27. The molecule has 2 aromatic carbocycles. The summed E-state index contributed by atoms with van der Waals surface area (Å²) in [5.74, 6) is 0. The largest absolute Gasteiger partial charge is 0.301 e. The summed E-state index contributed by atoms with van der Waals surface area (Å²) < 4.78 is 27.5. The highest BCUT2D eigenvalue weighted by Crippen LogP contribution is 2.20. The Labute approximate surface area is 143 Å². The fraction of sp³-hybridized carbons (Fsp3) is 0.294. The number of sulfonamides is 1. The quantitative estimate of drug-likeness (QED) is 0.868. The van der Waals surface area contributed by atoms with Gasteiger partial charge in [0.2, 0.25) is 10.0 Å². The number of aryl methyl sites for hydroxylation is 1. The standard InChI is InChI=1S/C17H21ClN2O2S/c1-13-4-10-16(11-5-13)23(21,22)19-12-17(20(2)3)14-6-8-15(18)9-7-14/h4-11,17,19H,12H2,1-3H3. The SMILES string of the molecule is Cc1ccc(S(=O)(=O)NCC(c2ccc(Cl)cc2)N(C)C)cc1. The van der Waals surface area contributed by atoms with Crippen molar-refractivity contribution in [3.05, 3.63) is 64.7 Å². The van der Waals surface area contributed by atoms with E-state index in [0.29, 0.717) is 5.02 Å². The smallest absolute Gasteiger partial charge is 0.240 e. The molecule has 1 N–H and O–H groups in total. The molecule has 0 aliphatic carbocycles. The van der Waals surface area contributed by atoms with Crippen LogP contribution in [0.5, 0.6) is 0 Å². The number of hydrogen-bond donors (Lipinski definition) is 1. The molecular formula is C17H21ClN2O2S. The maximum Gasteiger partial charge on any atom is 0.240 e. The van der Waals surface area contributed by atoms with Crippen molar-refractivity contribution in [2.75, 3.05) is 20.6 Å². The predicted octanol–water partition coefficient (Wildman–Crippen LogP) is 3.23. The molecule has 1 atom stereocenters. The molecule has 6 heteroatoms. The van der Waals surface area contributed by atoms with Gasteiger partial charge in [-0.05, 0) is 50.8 Å². The average Bonchev–Trinajstić information content (AvgIpc) is 2.49. The van der Waals surface area contributed by atoms with Crippen molar-refractivity contribution in [1.82, 2.24) is 9.62 Å². The minimum atomic E-state index is -3.52. The van der Waals surface area contributed by atoms with Crippen molar-refractivity contribution in [1.29, 1.82) is 0 Å². The van der Waals surface area contributed by atoms with Crippen molar-refractivity contribution in [2.24, 2.45) is 0 Å². The Hall–Kier alpha value is -1.40. The van der Waals surface area contributed by atoms with E-state index < -0.39 is 10.0 Å². The number of benzene rings is 2. The van der Waals surface area contributed by atoms with Crippen LogP contribution in [0.15, 0.2) is 53.4 Å². The molecule has 2 rings (SSSR count). The van der Waals surface area contributed by atoms with Crippen LogP contribution >= 0.6 is 11.6 Å². The molecule has 0 amide bonds. The van der Waals surface area contributed by atoms with Gasteiger partial charge in [0.05, 0.1) is 4.90 Å². The van der Waals surface area contributed by atoms with Crippen LogP contribution in [0.4, 0.5) is 0 Å². The molecule has 2 aromatic rings. The van der Waals surface area contributed by atoms with Crippen molar-refractivity contribution < 1.29 is 8.42 Å². The topological polar surface area (TPSA) is 49.4 Å². The molecule has 0 heterocycles. The molecule has 0 saturated heterocycles. The number of rotatable bonds is 6. The molecule has 1 unspecified atom stereocenters. The number of nitrogens with zero attached hydrogens (tertiary/aromatic N) is 1. The van der Waals surface area contributed by atoms with Gasteiger partial charge in [0.25, 0.3) is 0 Å². The zero-order valence-electron chi connectivity index (χ0n) is 13.5. The number of halogens is 1. The van der Waals surface area contributed by atoms with Crippen molar-refractivity contribution in [3.8, 4) is 0 Å². The van der Waals surface area contributed by atoms with E-state index in [2.05, 4.69) is 4.72 Å². The summed E-state index contributed by atoms with van der Waals surface area (Å²) in [5, 5.41) is 0.659. The molecular weight excluding hydrogens is 332 g/mol. The second-order valence-electron chi connectivity index (χ2n) is 5.70. The summed E-state index contributed by atoms with van der Waals surface area (Å²) in [6, 6.07) is 14.2. The van der Waals surface area contributed by atoms with Gasteiger partial charge in [-0.2, -0.15) is 0 Å². The molecule has 0 saturated carbocycles. The number of nitrogens with one attached hydrogen (secondary N) is 1. The van der Waals surface area contributed by atoms with Gasteiger partial charge in [0, 0.05) is 17.6 Å². The summed E-state index contributed by atoms with van der Waals surface area (Å²) >= 11 is 5.91. The first-order valence-corrected chi connectivity index (χ1v) is 9.14. The van der Waals surface area contributed by atoms with Crippen LogP contribution in [-0.2, 0) is 10.0 Å². The molecule has 23 heavy (non-hydrogen) atoms. The molecule has 0 bridgehead atoms. The van der Waals surface area contributed by atoms with E-state index in [1.165, 1.54) is 0 Å². The Kier molecular flexibility index (Phi) is 5.81. The maximum atomic E-state index is 12.4. The van der Waals surface area contributed by atoms with Gasteiger partial charge in [-0.15, -0.1) is 0 Å². The minimum absolute atomic E-state index is 0.0764. The summed E-state index contributed by atoms with van der Waals surface area (Å²) in [6.45, 7) is 2.21. The molecule has 0 fully saturated rings. The van der Waals surface area contributed by atoms with E-state index in [1.807, 2.05) is 50.2 Å².